The van der Waals surface area contributed by atoms with E-state index in [1.807, 2.05) is 0 Å². The lowest BCUT2D eigenvalue weighted by Gasteiger charge is -2.17. The van der Waals surface area contributed by atoms with Crippen molar-refractivity contribution in [3.8, 4) is 0 Å². The summed E-state index contributed by atoms with van der Waals surface area (Å²) in [4.78, 5) is 12.0. The minimum atomic E-state index is -3.49. The Bertz CT molecular complexity index is 1330. The first-order valence-electron chi connectivity index (χ1n) is 11.6. The summed E-state index contributed by atoms with van der Waals surface area (Å²) in [5.74, 6) is -3.16. The van der Waals surface area contributed by atoms with Crippen LogP contribution in [0.3, 0.4) is 0 Å². The predicted molar refractivity (Wildman–Crippen MR) is 126 cm³/mol. The van der Waals surface area contributed by atoms with E-state index in [-0.39, 0.29) is 21.4 Å². The van der Waals surface area contributed by atoms with Gasteiger partial charge in [-0.25, -0.2) is 22.0 Å². The molecule has 0 bridgehead atoms. The van der Waals surface area contributed by atoms with E-state index in [2.05, 4.69) is 0 Å². The lowest BCUT2D eigenvalue weighted by Crippen LogP contribution is -2.21. The van der Waals surface area contributed by atoms with Crippen molar-refractivity contribution in [2.24, 2.45) is 0 Å². The maximum atomic E-state index is 14.5. The Balaban J connectivity index is 1.59. The number of sulfone groups is 1. The van der Waals surface area contributed by atoms with Gasteiger partial charge in [-0.15, -0.1) is 0 Å². The number of halogens is 2. The fourth-order valence-corrected chi connectivity index (χ4v) is 6.42. The first kappa shape index (κ1) is 24.5. The molecule has 1 aromatic heterocycles. The van der Waals surface area contributed by atoms with E-state index in [1.54, 1.807) is 36.4 Å². The third-order valence-electron chi connectivity index (χ3n) is 6.63. The molecule has 1 fully saturated rings. The first-order chi connectivity index (χ1) is 16.1. The fraction of sp³-hybridized carbons (Fsp3) is 0.423. The number of fused-ring (bicyclic) bond motifs is 1. The van der Waals surface area contributed by atoms with Crippen LogP contribution in [-0.4, -0.2) is 24.9 Å². The maximum absolute atomic E-state index is 14.5. The van der Waals surface area contributed by atoms with Crippen LogP contribution in [0, 0.1) is 0 Å². The summed E-state index contributed by atoms with van der Waals surface area (Å²) in [7, 11) is -3.49. The molecule has 1 aliphatic carbocycles. The van der Waals surface area contributed by atoms with Crippen LogP contribution in [0.1, 0.15) is 62.1 Å². The Labute approximate surface area is 197 Å². The lowest BCUT2D eigenvalue weighted by molar-refractivity contribution is -0.00714. The van der Waals surface area contributed by atoms with Crippen LogP contribution in [0.2, 0.25) is 0 Å². The Morgan fingerprint density at radius 2 is 1.71 bits per heavy atom. The van der Waals surface area contributed by atoms with Gasteiger partial charge in [-0.3, -0.25) is 0 Å². The van der Waals surface area contributed by atoms with Crippen molar-refractivity contribution in [1.82, 2.24) is 0 Å². The van der Waals surface area contributed by atoms with Crippen molar-refractivity contribution in [2.75, 3.05) is 0 Å². The Hall–Kier alpha value is -2.58. The number of alkyl halides is 2. The van der Waals surface area contributed by atoms with Gasteiger partial charge in [0.05, 0.1) is 16.2 Å². The average Bonchev–Trinajstić information content (AvgIpc) is 3.04. The molecule has 2 unspecified atom stereocenters. The Morgan fingerprint density at radius 3 is 2.41 bits per heavy atom. The van der Waals surface area contributed by atoms with Gasteiger partial charge in [0, 0.05) is 23.4 Å². The topological polar surface area (TPSA) is 84.6 Å². The highest BCUT2D eigenvalue weighted by atomic mass is 32.2. The van der Waals surface area contributed by atoms with Gasteiger partial charge in [0.15, 0.2) is 9.84 Å². The molecule has 1 aliphatic rings. The zero-order valence-electron chi connectivity index (χ0n) is 19.0. The van der Waals surface area contributed by atoms with Gasteiger partial charge in [0.2, 0.25) is 0 Å². The largest absolute Gasteiger partial charge is 0.423 e. The van der Waals surface area contributed by atoms with Gasteiger partial charge >= 0.3 is 5.63 Å². The molecular weight excluding hydrogens is 462 g/mol. The van der Waals surface area contributed by atoms with Crippen LogP contribution in [0.25, 0.3) is 11.0 Å². The number of hydrogen-bond acceptors (Lipinski definition) is 5. The van der Waals surface area contributed by atoms with Crippen molar-refractivity contribution in [2.45, 2.75) is 74.0 Å². The molecule has 0 saturated heterocycles. The van der Waals surface area contributed by atoms with Crippen LogP contribution >= 0.6 is 0 Å². The van der Waals surface area contributed by atoms with Crippen LogP contribution < -0.4 is 5.63 Å². The van der Waals surface area contributed by atoms with E-state index in [0.29, 0.717) is 38.5 Å². The van der Waals surface area contributed by atoms with Crippen LogP contribution in [0.5, 0.6) is 0 Å². The molecule has 0 amide bonds. The molecule has 3 aromatic rings. The second-order valence-electron chi connectivity index (χ2n) is 9.02. The Kier molecular flexibility index (Phi) is 6.92. The molecule has 1 saturated carbocycles. The molecule has 0 aliphatic heterocycles. The molecule has 34 heavy (non-hydrogen) atoms. The minimum absolute atomic E-state index is 0.106. The van der Waals surface area contributed by atoms with Crippen molar-refractivity contribution >= 4 is 20.8 Å². The molecular formula is C26H28F2O5S. The first-order valence-corrected chi connectivity index (χ1v) is 13.1. The number of aliphatic hydroxyl groups excluding tert-OH is 1. The summed E-state index contributed by atoms with van der Waals surface area (Å²) in [5, 5.41) is 9.51. The van der Waals surface area contributed by atoms with Crippen LogP contribution in [-0.2, 0) is 22.2 Å². The number of aliphatic hydroxyl groups is 1. The van der Waals surface area contributed by atoms with Gasteiger partial charge in [0.1, 0.15) is 5.58 Å². The molecule has 182 valence electrons. The number of rotatable bonds is 6. The van der Waals surface area contributed by atoms with E-state index in [4.69, 9.17) is 4.42 Å². The van der Waals surface area contributed by atoms with E-state index >= 15 is 0 Å². The zero-order valence-corrected chi connectivity index (χ0v) is 19.8. The maximum Gasteiger partial charge on any atom is 0.336 e. The van der Waals surface area contributed by atoms with Crippen molar-refractivity contribution in [3.63, 3.8) is 0 Å². The molecule has 2 atom stereocenters. The summed E-state index contributed by atoms with van der Waals surface area (Å²) >= 11 is 0. The summed E-state index contributed by atoms with van der Waals surface area (Å²) in [6.07, 6.45) is 2.32. The molecule has 1 heterocycles. The monoisotopic (exact) mass is 490 g/mol. The summed E-state index contributed by atoms with van der Waals surface area (Å²) in [6.45, 7) is 1.36. The number of hydrogen-bond donors (Lipinski definition) is 1. The summed E-state index contributed by atoms with van der Waals surface area (Å²) < 4.78 is 60.1. The van der Waals surface area contributed by atoms with E-state index in [1.165, 1.54) is 13.0 Å². The minimum Gasteiger partial charge on any atom is -0.423 e. The van der Waals surface area contributed by atoms with Gasteiger partial charge < -0.3 is 9.52 Å². The van der Waals surface area contributed by atoms with Gasteiger partial charge in [0.25, 0.3) is 5.92 Å². The smallest absolute Gasteiger partial charge is 0.336 e. The SMILES string of the molecule is CCC(F)(F)c1cc(=O)oc2ccc(Cc3ccc(S(=O)(=O)C4CCCC(O)CC4)cc3)cc12. The van der Waals surface area contributed by atoms with Crippen LogP contribution in [0.15, 0.2) is 62.6 Å². The highest BCUT2D eigenvalue weighted by Crippen LogP contribution is 2.36. The third-order valence-corrected chi connectivity index (χ3v) is 8.91. The highest BCUT2D eigenvalue weighted by molar-refractivity contribution is 7.92. The normalized spacial score (nSPS) is 19.8. The summed E-state index contributed by atoms with van der Waals surface area (Å²) in [6, 6.07) is 12.3. The lowest BCUT2D eigenvalue weighted by atomic mass is 9.98. The molecule has 8 heteroatoms. The molecule has 5 nitrogen and oxygen atoms in total. The predicted octanol–water partition coefficient (Wildman–Crippen LogP) is 5.35. The standard InChI is InChI=1S/C26H28F2O5S/c1-2-26(27,28)23-16-25(30)33-24-13-8-18(15-22(23)24)14-17-6-10-21(11-7-17)34(31,32)20-5-3-4-19(29)9-12-20/h6-8,10-11,13,15-16,19-20,29H,2-5,9,12,14H2,1H3. The van der Waals surface area contributed by atoms with E-state index in [0.717, 1.165) is 17.2 Å². The average molecular weight is 491 g/mol. The summed E-state index contributed by atoms with van der Waals surface area (Å²) in [5.41, 5.74) is 0.509. The van der Waals surface area contributed by atoms with Gasteiger partial charge in [-0.1, -0.05) is 25.1 Å². The highest BCUT2D eigenvalue weighted by Gasteiger charge is 2.32. The molecule has 0 spiro atoms. The Morgan fingerprint density at radius 1 is 1.00 bits per heavy atom. The molecule has 4 rings (SSSR count). The van der Waals surface area contributed by atoms with Gasteiger partial charge in [-0.05, 0) is 73.9 Å². The van der Waals surface area contributed by atoms with Crippen molar-refractivity contribution < 1.29 is 26.7 Å². The van der Waals surface area contributed by atoms with E-state index in [9.17, 15) is 27.1 Å². The quantitative estimate of drug-likeness (QED) is 0.372. The third kappa shape index (κ3) is 5.08. The second kappa shape index (κ2) is 9.58. The molecule has 1 N–H and O–H groups in total. The molecule has 0 radical (unpaired) electrons. The van der Waals surface area contributed by atoms with Gasteiger partial charge in [-0.2, -0.15) is 0 Å². The number of benzene rings is 2. The van der Waals surface area contributed by atoms with Crippen molar-refractivity contribution in [1.29, 1.82) is 0 Å². The van der Waals surface area contributed by atoms with E-state index < -0.39 is 39.2 Å². The molecule has 2 aromatic carbocycles. The van der Waals surface area contributed by atoms with Crippen molar-refractivity contribution in [3.05, 3.63) is 75.6 Å². The zero-order chi connectivity index (χ0) is 24.5. The second-order valence-corrected chi connectivity index (χ2v) is 11.2. The van der Waals surface area contributed by atoms with Crippen LogP contribution in [0.4, 0.5) is 8.78 Å². The fourth-order valence-electron chi connectivity index (χ4n) is 4.60.